The Labute approximate surface area is 195 Å². The first-order valence-corrected chi connectivity index (χ1v) is 11.9. The number of sulfonamides is 1. The normalized spacial score (nSPS) is 18.1. The minimum absolute atomic E-state index is 0.237. The number of imide groups is 1. The predicted octanol–water partition coefficient (Wildman–Crippen LogP) is 0.708. The number of hydrogen-bond donors (Lipinski definition) is 1. The van der Waals surface area contributed by atoms with Crippen LogP contribution in [0.25, 0.3) is 5.69 Å². The summed E-state index contributed by atoms with van der Waals surface area (Å²) >= 11 is 0. The Morgan fingerprint density at radius 3 is 2.47 bits per heavy atom. The number of urea groups is 1. The number of benzene rings is 2. The van der Waals surface area contributed by atoms with Crippen molar-refractivity contribution in [3.63, 3.8) is 0 Å². The molecule has 4 rings (SSSR count). The Hall–Kier alpha value is -4.13. The van der Waals surface area contributed by atoms with Crippen molar-refractivity contribution in [2.75, 3.05) is 24.2 Å². The fourth-order valence-corrected chi connectivity index (χ4v) is 4.06. The molecule has 34 heavy (non-hydrogen) atoms. The number of hydrogen-bond acceptors (Lipinski definition) is 8. The van der Waals surface area contributed by atoms with Crippen molar-refractivity contribution in [3.05, 3.63) is 66.0 Å². The molecular weight excluding hydrogens is 462 g/mol. The van der Waals surface area contributed by atoms with Gasteiger partial charge < -0.3 is 5.32 Å². The van der Waals surface area contributed by atoms with Gasteiger partial charge in [0.05, 0.1) is 24.2 Å². The Balaban J connectivity index is 1.53. The molecule has 176 valence electrons. The van der Waals surface area contributed by atoms with E-state index in [-0.39, 0.29) is 5.56 Å². The quantitative estimate of drug-likeness (QED) is 0.382. The largest absolute Gasteiger partial charge is 0.325 e. The zero-order valence-corrected chi connectivity index (χ0v) is 19.4. The van der Waals surface area contributed by atoms with Gasteiger partial charge >= 0.3 is 6.03 Å². The van der Waals surface area contributed by atoms with Crippen LogP contribution >= 0.6 is 0 Å². The van der Waals surface area contributed by atoms with Gasteiger partial charge in [-0.05, 0) is 59.3 Å². The van der Waals surface area contributed by atoms with Gasteiger partial charge in [-0.3, -0.25) is 18.8 Å². The molecule has 12 nitrogen and oxygen atoms in total. The highest BCUT2D eigenvalue weighted by Crippen LogP contribution is 2.30. The highest BCUT2D eigenvalue weighted by molar-refractivity contribution is 7.92. The van der Waals surface area contributed by atoms with E-state index < -0.39 is 39.8 Å². The Morgan fingerprint density at radius 2 is 1.85 bits per heavy atom. The molecule has 1 aliphatic heterocycles. The number of ketones is 1. The molecular formula is C21H21N7O5S. The second-order valence-corrected chi connectivity index (χ2v) is 9.97. The summed E-state index contributed by atoms with van der Waals surface area (Å²) in [6.45, 7) is 1.10. The van der Waals surface area contributed by atoms with Crippen molar-refractivity contribution in [3.8, 4) is 5.69 Å². The van der Waals surface area contributed by atoms with Crippen LogP contribution in [0, 0.1) is 0 Å². The third-order valence-electron chi connectivity index (χ3n) is 5.66. The van der Waals surface area contributed by atoms with Crippen LogP contribution in [0.3, 0.4) is 0 Å². The predicted molar refractivity (Wildman–Crippen MR) is 121 cm³/mol. The number of nitrogens with one attached hydrogen (secondary N) is 1. The lowest BCUT2D eigenvalue weighted by atomic mass is 9.91. The van der Waals surface area contributed by atoms with E-state index in [0.29, 0.717) is 16.9 Å². The summed E-state index contributed by atoms with van der Waals surface area (Å²) in [6, 6.07) is 12.0. The molecule has 2 heterocycles. The van der Waals surface area contributed by atoms with Crippen LogP contribution < -0.4 is 9.62 Å². The summed E-state index contributed by atoms with van der Waals surface area (Å²) in [6.07, 6.45) is 2.47. The van der Waals surface area contributed by atoms with Gasteiger partial charge in [0.2, 0.25) is 10.0 Å². The van der Waals surface area contributed by atoms with Crippen LogP contribution in [0.5, 0.6) is 0 Å². The number of tetrazole rings is 1. The maximum Gasteiger partial charge on any atom is 0.325 e. The molecule has 3 amide bonds. The number of nitrogens with zero attached hydrogens (tertiary/aromatic N) is 6. The lowest BCUT2D eigenvalue weighted by molar-refractivity contribution is -0.130. The lowest BCUT2D eigenvalue weighted by Crippen LogP contribution is -2.41. The van der Waals surface area contributed by atoms with Crippen molar-refractivity contribution in [2.24, 2.45) is 0 Å². The molecule has 0 saturated carbocycles. The van der Waals surface area contributed by atoms with Crippen molar-refractivity contribution < 1.29 is 22.8 Å². The molecule has 1 saturated heterocycles. The third kappa shape index (κ3) is 4.12. The van der Waals surface area contributed by atoms with E-state index in [2.05, 4.69) is 20.8 Å². The standard InChI is InChI=1S/C21H21N7O5S/c1-21(15-5-4-6-17(11-15)28-13-22-24-25-28)19(30)27(20(31)23-21)12-18(29)14-7-9-16(10-8-14)26(2)34(3,32)33/h4-11,13H,12H2,1-3H3,(H,23,31)/t21-/m1/s1. The summed E-state index contributed by atoms with van der Waals surface area (Å²) < 4.78 is 25.8. The summed E-state index contributed by atoms with van der Waals surface area (Å²) in [5.74, 6) is -1.04. The van der Waals surface area contributed by atoms with Crippen LogP contribution in [-0.4, -0.2) is 71.1 Å². The Bertz CT molecular complexity index is 1370. The minimum atomic E-state index is -3.45. The number of anilines is 1. The molecule has 0 aliphatic carbocycles. The van der Waals surface area contributed by atoms with Crippen LogP contribution in [0.2, 0.25) is 0 Å². The SMILES string of the molecule is CN(c1ccc(C(=O)CN2C(=O)N[C@](C)(c3cccc(-n4cnnn4)c3)C2=O)cc1)S(C)(=O)=O. The van der Waals surface area contributed by atoms with Gasteiger partial charge in [0.15, 0.2) is 5.78 Å². The molecule has 1 aliphatic rings. The number of carbonyl (C=O) groups excluding carboxylic acids is 3. The fourth-order valence-electron chi connectivity index (χ4n) is 3.56. The van der Waals surface area contributed by atoms with Crippen molar-refractivity contribution in [2.45, 2.75) is 12.5 Å². The van der Waals surface area contributed by atoms with E-state index in [1.165, 1.54) is 42.3 Å². The number of aromatic nitrogens is 4. The Kier molecular flexibility index (Phi) is 5.65. The van der Waals surface area contributed by atoms with Crippen LogP contribution in [0.1, 0.15) is 22.8 Å². The number of amides is 3. The van der Waals surface area contributed by atoms with E-state index in [4.69, 9.17) is 0 Å². The fraction of sp³-hybridized carbons (Fsp3) is 0.238. The first-order valence-electron chi connectivity index (χ1n) is 10.1. The molecule has 1 N–H and O–H groups in total. The zero-order chi connectivity index (χ0) is 24.7. The molecule has 2 aromatic carbocycles. The maximum absolute atomic E-state index is 13.2. The number of rotatable bonds is 7. The first-order chi connectivity index (χ1) is 16.0. The van der Waals surface area contributed by atoms with Gasteiger partial charge in [0, 0.05) is 12.6 Å². The van der Waals surface area contributed by atoms with Gasteiger partial charge in [-0.15, -0.1) is 5.10 Å². The molecule has 1 fully saturated rings. The summed E-state index contributed by atoms with van der Waals surface area (Å²) in [7, 11) is -2.05. The highest BCUT2D eigenvalue weighted by Gasteiger charge is 2.49. The molecule has 3 aromatic rings. The topological polar surface area (TPSA) is 147 Å². The third-order valence-corrected chi connectivity index (χ3v) is 6.87. The molecule has 0 radical (unpaired) electrons. The van der Waals surface area contributed by atoms with E-state index in [1.54, 1.807) is 31.2 Å². The second kappa shape index (κ2) is 8.33. The zero-order valence-electron chi connectivity index (χ0n) is 18.5. The van der Waals surface area contributed by atoms with Gasteiger partial charge in [0.1, 0.15) is 11.9 Å². The molecule has 0 unspecified atom stereocenters. The van der Waals surface area contributed by atoms with Gasteiger partial charge in [-0.25, -0.2) is 17.9 Å². The summed E-state index contributed by atoms with van der Waals surface area (Å²) in [4.78, 5) is 39.5. The molecule has 1 atom stereocenters. The number of Topliss-reactive ketones (excluding diaryl/α,β-unsaturated/α-hetero) is 1. The van der Waals surface area contributed by atoms with Crippen molar-refractivity contribution in [1.29, 1.82) is 0 Å². The second-order valence-electron chi connectivity index (χ2n) is 7.95. The van der Waals surface area contributed by atoms with Crippen LogP contribution in [-0.2, 0) is 20.4 Å². The lowest BCUT2D eigenvalue weighted by Gasteiger charge is -2.22. The van der Waals surface area contributed by atoms with Crippen LogP contribution in [0.15, 0.2) is 54.9 Å². The molecule has 0 spiro atoms. The maximum atomic E-state index is 13.2. The smallest absolute Gasteiger partial charge is 0.319 e. The average Bonchev–Trinajstić information content (AvgIpc) is 3.42. The van der Waals surface area contributed by atoms with Crippen molar-refractivity contribution in [1.82, 2.24) is 30.4 Å². The highest BCUT2D eigenvalue weighted by atomic mass is 32.2. The minimum Gasteiger partial charge on any atom is -0.319 e. The number of carbonyl (C=O) groups is 3. The van der Waals surface area contributed by atoms with Crippen molar-refractivity contribution >= 4 is 33.4 Å². The molecule has 13 heteroatoms. The molecule has 1 aromatic heterocycles. The van der Waals surface area contributed by atoms with Gasteiger partial charge in [-0.1, -0.05) is 12.1 Å². The van der Waals surface area contributed by atoms with Crippen LogP contribution in [0.4, 0.5) is 10.5 Å². The summed E-state index contributed by atoms with van der Waals surface area (Å²) in [5.41, 5.74) is 0.328. The Morgan fingerprint density at radius 1 is 1.15 bits per heavy atom. The van der Waals surface area contributed by atoms with Gasteiger partial charge in [-0.2, -0.15) is 0 Å². The van der Waals surface area contributed by atoms with E-state index in [0.717, 1.165) is 15.5 Å². The van der Waals surface area contributed by atoms with E-state index >= 15 is 0 Å². The monoisotopic (exact) mass is 483 g/mol. The average molecular weight is 484 g/mol. The molecule has 0 bridgehead atoms. The first kappa shape index (κ1) is 23.0. The van der Waals surface area contributed by atoms with E-state index in [9.17, 15) is 22.8 Å². The van der Waals surface area contributed by atoms with E-state index in [1.807, 2.05) is 0 Å². The van der Waals surface area contributed by atoms with Gasteiger partial charge in [0.25, 0.3) is 5.91 Å². The summed E-state index contributed by atoms with van der Waals surface area (Å²) in [5, 5.41) is 13.7.